The third-order valence-electron chi connectivity index (χ3n) is 2.73. The first kappa shape index (κ1) is 12.9. The number of esters is 1. The van der Waals surface area contributed by atoms with Crippen molar-refractivity contribution >= 4 is 5.97 Å². The Hall–Kier alpha value is -1.55. The summed E-state index contributed by atoms with van der Waals surface area (Å²) in [6.07, 6.45) is 0.712. The Morgan fingerprint density at radius 3 is 2.83 bits per heavy atom. The highest BCUT2D eigenvalue weighted by atomic mass is 16.6. The van der Waals surface area contributed by atoms with Crippen LogP contribution in [-0.4, -0.2) is 31.4 Å². The van der Waals surface area contributed by atoms with Gasteiger partial charge < -0.3 is 14.2 Å². The minimum atomic E-state index is -0.206. The Morgan fingerprint density at radius 2 is 2.06 bits per heavy atom. The molecule has 0 aromatic heterocycles. The first-order valence-electron chi connectivity index (χ1n) is 6.23. The van der Waals surface area contributed by atoms with Gasteiger partial charge in [-0.15, -0.1) is 0 Å². The molecule has 0 radical (unpaired) electrons. The molecule has 1 aromatic rings. The lowest BCUT2D eigenvalue weighted by atomic mass is 10.2. The number of carbonyl (C=O) groups is 1. The van der Waals surface area contributed by atoms with E-state index in [-0.39, 0.29) is 18.2 Å². The Balaban J connectivity index is 1.95. The number of para-hydroxylation sites is 1. The molecule has 0 amide bonds. The van der Waals surface area contributed by atoms with Crippen LogP contribution in [0.5, 0.6) is 5.75 Å². The van der Waals surface area contributed by atoms with Gasteiger partial charge in [-0.1, -0.05) is 18.2 Å². The van der Waals surface area contributed by atoms with Crippen LogP contribution in [0.3, 0.4) is 0 Å². The van der Waals surface area contributed by atoms with E-state index < -0.39 is 0 Å². The highest BCUT2D eigenvalue weighted by molar-refractivity contribution is 5.69. The molecule has 0 aliphatic carbocycles. The van der Waals surface area contributed by atoms with Crippen LogP contribution >= 0.6 is 0 Å². The molecule has 4 heteroatoms. The summed E-state index contributed by atoms with van der Waals surface area (Å²) in [6.45, 7) is 2.75. The van der Waals surface area contributed by atoms with Crippen molar-refractivity contribution in [2.45, 2.75) is 32.0 Å². The summed E-state index contributed by atoms with van der Waals surface area (Å²) in [6, 6.07) is 9.60. The number of ether oxygens (including phenoxy) is 3. The second-order valence-corrected chi connectivity index (χ2v) is 4.41. The van der Waals surface area contributed by atoms with Gasteiger partial charge in [-0.2, -0.15) is 0 Å². The fraction of sp³-hybridized carbons (Fsp3) is 0.500. The zero-order valence-electron chi connectivity index (χ0n) is 10.5. The van der Waals surface area contributed by atoms with Gasteiger partial charge in [0.15, 0.2) is 0 Å². The quantitative estimate of drug-likeness (QED) is 0.755. The van der Waals surface area contributed by atoms with Crippen molar-refractivity contribution in [3.8, 4) is 5.75 Å². The largest absolute Gasteiger partial charge is 0.488 e. The molecule has 0 N–H and O–H groups in total. The maximum atomic E-state index is 11.3. The van der Waals surface area contributed by atoms with Gasteiger partial charge in [0, 0.05) is 6.42 Å². The highest BCUT2D eigenvalue weighted by Gasteiger charge is 2.20. The van der Waals surface area contributed by atoms with Crippen LogP contribution in [0.15, 0.2) is 30.3 Å². The molecule has 1 aliphatic rings. The van der Waals surface area contributed by atoms with E-state index in [1.165, 1.54) is 0 Å². The van der Waals surface area contributed by atoms with Crippen molar-refractivity contribution in [3.63, 3.8) is 0 Å². The minimum absolute atomic E-state index is 0.0895. The smallest absolute Gasteiger partial charge is 0.308 e. The lowest BCUT2D eigenvalue weighted by Gasteiger charge is -2.21. The summed E-state index contributed by atoms with van der Waals surface area (Å²) in [4.78, 5) is 11.3. The molecular weight excluding hydrogens is 232 g/mol. The summed E-state index contributed by atoms with van der Waals surface area (Å²) >= 11 is 0. The topological polar surface area (TPSA) is 44.8 Å². The summed E-state index contributed by atoms with van der Waals surface area (Å²) in [5, 5.41) is 0. The first-order chi connectivity index (χ1) is 8.74. The lowest BCUT2D eigenvalue weighted by Crippen LogP contribution is -2.27. The summed E-state index contributed by atoms with van der Waals surface area (Å²) in [5.41, 5.74) is 0. The molecule has 1 aromatic carbocycles. The van der Waals surface area contributed by atoms with Crippen molar-refractivity contribution in [1.82, 2.24) is 0 Å². The van der Waals surface area contributed by atoms with Crippen LogP contribution in [0.4, 0.5) is 0 Å². The molecule has 2 atom stereocenters. The molecule has 98 valence electrons. The van der Waals surface area contributed by atoms with Gasteiger partial charge in [0.05, 0.1) is 19.6 Å². The van der Waals surface area contributed by atoms with Gasteiger partial charge in [0.2, 0.25) is 0 Å². The Kier molecular flexibility index (Phi) is 4.59. The number of hydrogen-bond donors (Lipinski definition) is 0. The summed E-state index contributed by atoms with van der Waals surface area (Å²) in [5.74, 6) is 0.603. The number of benzene rings is 1. The van der Waals surface area contributed by atoms with E-state index in [4.69, 9.17) is 14.2 Å². The van der Waals surface area contributed by atoms with Crippen molar-refractivity contribution in [1.29, 1.82) is 0 Å². The van der Waals surface area contributed by atoms with Crippen molar-refractivity contribution < 1.29 is 19.0 Å². The van der Waals surface area contributed by atoms with Crippen molar-refractivity contribution in [2.24, 2.45) is 0 Å². The molecule has 0 bridgehead atoms. The number of rotatable bonds is 2. The molecule has 1 heterocycles. The third-order valence-corrected chi connectivity index (χ3v) is 2.73. The minimum Gasteiger partial charge on any atom is -0.488 e. The van der Waals surface area contributed by atoms with Gasteiger partial charge in [0.25, 0.3) is 0 Å². The van der Waals surface area contributed by atoms with Crippen molar-refractivity contribution in [2.75, 3.05) is 13.2 Å². The van der Waals surface area contributed by atoms with E-state index in [1.807, 2.05) is 37.3 Å². The predicted octanol–water partition coefficient (Wildman–Crippen LogP) is 2.18. The highest BCUT2D eigenvalue weighted by Crippen LogP contribution is 2.16. The van der Waals surface area contributed by atoms with Gasteiger partial charge in [-0.3, -0.25) is 4.79 Å². The zero-order chi connectivity index (χ0) is 12.8. The molecule has 1 fully saturated rings. The van der Waals surface area contributed by atoms with E-state index in [1.54, 1.807) is 0 Å². The van der Waals surface area contributed by atoms with Crippen LogP contribution in [0.1, 0.15) is 19.8 Å². The first-order valence-corrected chi connectivity index (χ1v) is 6.23. The average molecular weight is 250 g/mol. The van der Waals surface area contributed by atoms with Gasteiger partial charge in [-0.05, 0) is 19.1 Å². The van der Waals surface area contributed by atoms with Gasteiger partial charge >= 0.3 is 5.97 Å². The zero-order valence-corrected chi connectivity index (χ0v) is 10.5. The van der Waals surface area contributed by atoms with Gasteiger partial charge in [-0.25, -0.2) is 0 Å². The van der Waals surface area contributed by atoms with Crippen LogP contribution in [0, 0.1) is 0 Å². The molecule has 2 rings (SSSR count). The number of cyclic esters (lactones) is 1. The third kappa shape index (κ3) is 4.04. The molecule has 1 aliphatic heterocycles. The fourth-order valence-corrected chi connectivity index (χ4v) is 1.91. The van der Waals surface area contributed by atoms with E-state index in [9.17, 15) is 4.79 Å². The number of hydrogen-bond acceptors (Lipinski definition) is 4. The molecular formula is C14H18O4. The normalized spacial score (nSPS) is 25.5. The average Bonchev–Trinajstić information content (AvgIpc) is 2.41. The monoisotopic (exact) mass is 250 g/mol. The fourth-order valence-electron chi connectivity index (χ4n) is 1.91. The molecule has 2 unspecified atom stereocenters. The predicted molar refractivity (Wildman–Crippen MR) is 66.5 cm³/mol. The Bertz CT molecular complexity index is 377. The Labute approximate surface area is 107 Å². The lowest BCUT2D eigenvalue weighted by molar-refractivity contribution is -0.149. The second kappa shape index (κ2) is 6.40. The molecule has 18 heavy (non-hydrogen) atoms. The maximum absolute atomic E-state index is 11.3. The van der Waals surface area contributed by atoms with E-state index >= 15 is 0 Å². The SMILES string of the molecule is CC1CC(Oc2ccccc2)COCCC(=O)O1. The van der Waals surface area contributed by atoms with Crippen LogP contribution in [0.25, 0.3) is 0 Å². The van der Waals surface area contributed by atoms with E-state index in [0.717, 1.165) is 5.75 Å². The standard InChI is InChI=1S/C14H18O4/c1-11-9-13(10-16-8-7-14(15)17-11)18-12-5-3-2-4-6-12/h2-6,11,13H,7-10H2,1H3. The summed E-state index contributed by atoms with van der Waals surface area (Å²) < 4.78 is 16.5. The molecule has 0 saturated carbocycles. The van der Waals surface area contributed by atoms with Crippen LogP contribution in [0.2, 0.25) is 0 Å². The van der Waals surface area contributed by atoms with Crippen LogP contribution < -0.4 is 4.74 Å². The molecule has 0 spiro atoms. The maximum Gasteiger partial charge on any atom is 0.308 e. The second-order valence-electron chi connectivity index (χ2n) is 4.41. The molecule has 4 nitrogen and oxygen atoms in total. The summed E-state index contributed by atoms with van der Waals surface area (Å²) in [7, 11) is 0. The van der Waals surface area contributed by atoms with Crippen LogP contribution in [-0.2, 0) is 14.3 Å². The van der Waals surface area contributed by atoms with E-state index in [2.05, 4.69) is 0 Å². The van der Waals surface area contributed by atoms with E-state index in [0.29, 0.717) is 26.1 Å². The number of carbonyl (C=O) groups excluding carboxylic acids is 1. The Morgan fingerprint density at radius 1 is 1.28 bits per heavy atom. The van der Waals surface area contributed by atoms with Crippen molar-refractivity contribution in [3.05, 3.63) is 30.3 Å². The van der Waals surface area contributed by atoms with Gasteiger partial charge in [0.1, 0.15) is 18.0 Å². The molecule has 1 saturated heterocycles.